The van der Waals surface area contributed by atoms with Crippen LogP contribution in [0.15, 0.2) is 30.3 Å². The summed E-state index contributed by atoms with van der Waals surface area (Å²) in [5, 5.41) is 0. The van der Waals surface area contributed by atoms with Crippen molar-refractivity contribution in [3.8, 4) is 11.5 Å². The van der Waals surface area contributed by atoms with Crippen molar-refractivity contribution < 1.29 is 19.0 Å². The molecule has 0 radical (unpaired) electrons. The Morgan fingerprint density at radius 2 is 1.96 bits per heavy atom. The van der Waals surface area contributed by atoms with Gasteiger partial charge in [-0.2, -0.15) is 0 Å². The summed E-state index contributed by atoms with van der Waals surface area (Å²) in [6.07, 6.45) is -0.341. The van der Waals surface area contributed by atoms with Crippen LogP contribution in [-0.4, -0.2) is 55.3 Å². The van der Waals surface area contributed by atoms with Crippen LogP contribution in [0.1, 0.15) is 10.4 Å². The molecular formula is C19H21ClN2O4S. The minimum Gasteiger partial charge on any atom is -0.493 e. The van der Waals surface area contributed by atoms with E-state index in [4.69, 9.17) is 25.8 Å². The first-order valence-corrected chi connectivity index (χ1v) is 9.91. The van der Waals surface area contributed by atoms with Gasteiger partial charge in [-0.25, -0.2) is 4.79 Å². The molecule has 2 saturated heterocycles. The number of hydrogen-bond donors (Lipinski definition) is 0. The highest BCUT2D eigenvalue weighted by Gasteiger charge is 2.47. The van der Waals surface area contributed by atoms with Crippen molar-refractivity contribution in [3.63, 3.8) is 0 Å². The fourth-order valence-corrected chi connectivity index (χ4v) is 4.85. The molecule has 1 amide bonds. The Labute approximate surface area is 167 Å². The Hall–Kier alpha value is -1.96. The van der Waals surface area contributed by atoms with Gasteiger partial charge in [-0.05, 0) is 29.8 Å². The fourth-order valence-electron chi connectivity index (χ4n) is 3.72. The van der Waals surface area contributed by atoms with Gasteiger partial charge in [0.15, 0.2) is 11.5 Å². The van der Waals surface area contributed by atoms with Crippen LogP contribution in [0, 0.1) is 0 Å². The van der Waals surface area contributed by atoms with E-state index in [1.165, 1.54) is 4.88 Å². The van der Waals surface area contributed by atoms with E-state index >= 15 is 0 Å². The number of hydrogen-bond acceptors (Lipinski definition) is 6. The van der Waals surface area contributed by atoms with Gasteiger partial charge in [-0.3, -0.25) is 9.80 Å². The lowest BCUT2D eigenvalue weighted by molar-refractivity contribution is 0.119. The lowest BCUT2D eigenvalue weighted by Crippen LogP contribution is -2.37. The topological polar surface area (TPSA) is 51.2 Å². The minimum atomic E-state index is -0.251. The molecule has 2 fully saturated rings. The molecule has 2 aromatic rings. The van der Waals surface area contributed by atoms with Crippen LogP contribution in [-0.2, 0) is 17.8 Å². The molecule has 0 unspecified atom stereocenters. The van der Waals surface area contributed by atoms with Gasteiger partial charge in [0.1, 0.15) is 6.10 Å². The van der Waals surface area contributed by atoms with Crippen LogP contribution in [0.25, 0.3) is 0 Å². The summed E-state index contributed by atoms with van der Waals surface area (Å²) in [7, 11) is 3.21. The summed E-state index contributed by atoms with van der Waals surface area (Å²) in [4.78, 5) is 17.7. The quantitative estimate of drug-likeness (QED) is 0.730. The van der Waals surface area contributed by atoms with Crippen molar-refractivity contribution in [1.82, 2.24) is 9.80 Å². The smallest absolute Gasteiger partial charge is 0.410 e. The van der Waals surface area contributed by atoms with E-state index in [-0.39, 0.29) is 18.2 Å². The van der Waals surface area contributed by atoms with Crippen molar-refractivity contribution in [2.45, 2.75) is 25.2 Å². The van der Waals surface area contributed by atoms with Crippen molar-refractivity contribution in [1.29, 1.82) is 0 Å². The van der Waals surface area contributed by atoms with Gasteiger partial charge in [0, 0.05) is 31.1 Å². The summed E-state index contributed by atoms with van der Waals surface area (Å²) in [6.45, 7) is 2.85. The molecule has 0 N–H and O–H groups in total. The number of nitrogens with zero attached hydrogens (tertiary/aromatic N) is 2. The van der Waals surface area contributed by atoms with E-state index < -0.39 is 0 Å². The highest BCUT2D eigenvalue weighted by molar-refractivity contribution is 7.16. The van der Waals surface area contributed by atoms with Crippen molar-refractivity contribution in [3.05, 3.63) is 45.1 Å². The zero-order chi connectivity index (χ0) is 19.0. The zero-order valence-electron chi connectivity index (χ0n) is 15.2. The van der Waals surface area contributed by atoms with Crippen LogP contribution in [0.5, 0.6) is 11.5 Å². The number of methoxy groups -OCH3 is 2. The number of likely N-dealkylation sites (tertiary alicyclic amines) is 1. The van der Waals surface area contributed by atoms with E-state index in [9.17, 15) is 4.79 Å². The van der Waals surface area contributed by atoms with Gasteiger partial charge < -0.3 is 14.2 Å². The third kappa shape index (κ3) is 3.72. The Morgan fingerprint density at radius 1 is 1.15 bits per heavy atom. The maximum absolute atomic E-state index is 12.4. The number of carbonyl (C=O) groups is 1. The standard InChI is InChI=1S/C19H21ClN2O4S/c1-24-15-5-3-12(7-16(15)25-2)8-22-14-10-21(11-17(14)26-19(22)23)9-13-4-6-18(20)27-13/h3-7,14,17H,8-11H2,1-2H3/t14-,17+/m1/s1. The summed E-state index contributed by atoms with van der Waals surface area (Å²) in [6, 6.07) is 9.73. The summed E-state index contributed by atoms with van der Waals surface area (Å²) in [5.74, 6) is 1.33. The van der Waals surface area contributed by atoms with E-state index in [0.29, 0.717) is 18.0 Å². The number of fused-ring (bicyclic) bond motifs is 1. The molecule has 0 saturated carbocycles. The zero-order valence-corrected chi connectivity index (χ0v) is 16.8. The Bertz CT molecular complexity index is 843. The third-order valence-corrected chi connectivity index (χ3v) is 6.22. The molecule has 0 bridgehead atoms. The highest BCUT2D eigenvalue weighted by atomic mass is 35.5. The molecule has 0 spiro atoms. The van der Waals surface area contributed by atoms with E-state index in [1.807, 2.05) is 29.2 Å². The largest absolute Gasteiger partial charge is 0.493 e. The maximum atomic E-state index is 12.4. The molecule has 2 aliphatic heterocycles. The van der Waals surface area contributed by atoms with Crippen LogP contribution < -0.4 is 9.47 Å². The van der Waals surface area contributed by atoms with E-state index in [2.05, 4.69) is 11.0 Å². The number of halogens is 1. The Balaban J connectivity index is 1.45. The van der Waals surface area contributed by atoms with Gasteiger partial charge in [-0.15, -0.1) is 11.3 Å². The second-order valence-corrected chi connectivity index (χ2v) is 8.51. The Kier molecular flexibility index (Phi) is 5.16. The van der Waals surface area contributed by atoms with Crippen LogP contribution >= 0.6 is 22.9 Å². The molecule has 4 rings (SSSR count). The first kappa shape index (κ1) is 18.4. The number of thiophene rings is 1. The van der Waals surface area contributed by atoms with Crippen LogP contribution in [0.4, 0.5) is 4.79 Å². The second kappa shape index (κ2) is 7.58. The van der Waals surface area contributed by atoms with Crippen LogP contribution in [0.3, 0.4) is 0 Å². The number of carbonyl (C=O) groups excluding carboxylic acids is 1. The molecule has 2 aliphatic rings. The molecule has 8 heteroatoms. The number of amides is 1. The van der Waals surface area contributed by atoms with Crippen molar-refractivity contribution in [2.24, 2.45) is 0 Å². The van der Waals surface area contributed by atoms with Gasteiger partial charge in [0.25, 0.3) is 0 Å². The van der Waals surface area contributed by atoms with Gasteiger partial charge in [-0.1, -0.05) is 17.7 Å². The molecule has 6 nitrogen and oxygen atoms in total. The SMILES string of the molecule is COc1ccc(CN2C(=O)O[C@H]3CN(Cc4ccc(Cl)s4)C[C@H]32)cc1OC. The van der Waals surface area contributed by atoms with Gasteiger partial charge in [0.05, 0.1) is 24.6 Å². The molecule has 144 valence electrons. The van der Waals surface area contributed by atoms with Crippen molar-refractivity contribution in [2.75, 3.05) is 27.3 Å². The molecule has 1 aromatic heterocycles. The monoisotopic (exact) mass is 408 g/mol. The van der Waals surface area contributed by atoms with Crippen molar-refractivity contribution >= 4 is 29.0 Å². The van der Waals surface area contributed by atoms with Crippen LogP contribution in [0.2, 0.25) is 4.34 Å². The normalized spacial score (nSPS) is 22.0. The summed E-state index contributed by atoms with van der Waals surface area (Å²) < 4.78 is 17.1. The number of rotatable bonds is 6. The average Bonchev–Trinajstić information content (AvgIpc) is 3.32. The molecule has 27 heavy (non-hydrogen) atoms. The van der Waals surface area contributed by atoms with E-state index in [1.54, 1.807) is 25.6 Å². The average molecular weight is 409 g/mol. The fraction of sp³-hybridized carbons (Fsp3) is 0.421. The molecular weight excluding hydrogens is 388 g/mol. The first-order valence-electron chi connectivity index (χ1n) is 8.72. The number of benzene rings is 1. The lowest BCUT2D eigenvalue weighted by atomic mass is 10.1. The minimum absolute atomic E-state index is 0.0565. The third-order valence-electron chi connectivity index (χ3n) is 5.01. The summed E-state index contributed by atoms with van der Waals surface area (Å²) >= 11 is 7.61. The predicted molar refractivity (Wildman–Crippen MR) is 104 cm³/mol. The Morgan fingerprint density at radius 3 is 2.67 bits per heavy atom. The number of ether oxygens (including phenoxy) is 3. The molecule has 0 aliphatic carbocycles. The van der Waals surface area contributed by atoms with Gasteiger partial charge in [0.2, 0.25) is 0 Å². The second-order valence-electron chi connectivity index (χ2n) is 6.71. The molecule has 1 aromatic carbocycles. The first-order chi connectivity index (χ1) is 13.1. The predicted octanol–water partition coefficient (Wildman–Crippen LogP) is 3.62. The molecule has 3 heterocycles. The molecule has 2 atom stereocenters. The maximum Gasteiger partial charge on any atom is 0.410 e. The van der Waals surface area contributed by atoms with E-state index in [0.717, 1.165) is 29.5 Å². The lowest BCUT2D eigenvalue weighted by Gasteiger charge is -2.22. The highest BCUT2D eigenvalue weighted by Crippen LogP contribution is 2.33. The summed E-state index contributed by atoms with van der Waals surface area (Å²) in [5.41, 5.74) is 0.980. The van der Waals surface area contributed by atoms with Gasteiger partial charge >= 0.3 is 6.09 Å².